The quantitative estimate of drug-likeness (QED) is 0.336. The number of benzene rings is 1. The van der Waals surface area contributed by atoms with Crippen LogP contribution in [0.25, 0.3) is 11.8 Å². The molecule has 1 aromatic carbocycles. The van der Waals surface area contributed by atoms with Crippen molar-refractivity contribution in [3.63, 3.8) is 0 Å². The van der Waals surface area contributed by atoms with Crippen LogP contribution >= 0.6 is 0 Å². The van der Waals surface area contributed by atoms with Gasteiger partial charge in [-0.2, -0.15) is 0 Å². The third kappa shape index (κ3) is 4.54. The van der Waals surface area contributed by atoms with Gasteiger partial charge in [0.25, 0.3) is 5.56 Å². The predicted octanol–water partition coefficient (Wildman–Crippen LogP) is 2.24. The molecule has 0 atom stereocenters. The van der Waals surface area contributed by atoms with Crippen molar-refractivity contribution in [2.45, 2.75) is 20.8 Å². The predicted molar refractivity (Wildman–Crippen MR) is 121 cm³/mol. The topological polar surface area (TPSA) is 92.3 Å². The van der Waals surface area contributed by atoms with E-state index in [4.69, 9.17) is 4.74 Å². The van der Waals surface area contributed by atoms with E-state index in [1.807, 2.05) is 49.6 Å². The molecular formula is C24H25N3O5. The molecule has 3 rings (SSSR count). The number of hydrogen-bond acceptors (Lipinski definition) is 5. The maximum absolute atomic E-state index is 12.7. The first-order valence-electron chi connectivity index (χ1n) is 10.0. The number of ether oxygens (including phenoxy) is 1. The molecule has 0 amide bonds. The minimum atomic E-state index is -0.762. The van der Waals surface area contributed by atoms with Crippen LogP contribution in [0.15, 0.2) is 52.2 Å². The molecule has 32 heavy (non-hydrogen) atoms. The second-order valence-electron chi connectivity index (χ2n) is 7.66. The molecular weight excluding hydrogens is 410 g/mol. The Balaban J connectivity index is 1.71. The molecule has 3 aromatic rings. The van der Waals surface area contributed by atoms with Crippen LogP contribution in [0.3, 0.4) is 0 Å². The van der Waals surface area contributed by atoms with E-state index < -0.39 is 23.8 Å². The van der Waals surface area contributed by atoms with Crippen molar-refractivity contribution in [2.24, 2.45) is 14.1 Å². The number of aromatic nitrogens is 3. The van der Waals surface area contributed by atoms with Crippen LogP contribution in [0.1, 0.15) is 32.9 Å². The summed E-state index contributed by atoms with van der Waals surface area (Å²) in [5, 5.41) is 0. The zero-order valence-electron chi connectivity index (χ0n) is 18.7. The molecule has 0 aliphatic rings. The highest BCUT2D eigenvalue weighted by molar-refractivity contribution is 6.00. The standard InChI is InChI=1S/C24H25N3O5/c1-15-6-9-19(10-7-15)27-16(2)12-20(17(27)3)21(28)14-32-22(29)11-8-18-13-25(4)24(31)26(5)23(18)30/h6-13H,14H2,1-5H3/b11-8+. The van der Waals surface area contributed by atoms with Crippen molar-refractivity contribution in [1.29, 1.82) is 0 Å². The van der Waals surface area contributed by atoms with Crippen LogP contribution in [-0.2, 0) is 23.6 Å². The molecule has 0 radical (unpaired) electrons. The molecule has 0 aliphatic carbocycles. The first kappa shape index (κ1) is 22.7. The van der Waals surface area contributed by atoms with E-state index in [0.717, 1.165) is 33.3 Å². The van der Waals surface area contributed by atoms with E-state index in [0.29, 0.717) is 5.56 Å². The van der Waals surface area contributed by atoms with Crippen LogP contribution in [0, 0.1) is 20.8 Å². The van der Waals surface area contributed by atoms with E-state index >= 15 is 0 Å². The fourth-order valence-corrected chi connectivity index (χ4v) is 3.51. The Morgan fingerprint density at radius 2 is 1.69 bits per heavy atom. The zero-order valence-corrected chi connectivity index (χ0v) is 18.7. The summed E-state index contributed by atoms with van der Waals surface area (Å²) in [5.41, 5.74) is 3.38. The molecule has 0 bridgehead atoms. The Hall–Kier alpha value is -3.94. The van der Waals surface area contributed by atoms with Crippen molar-refractivity contribution in [3.05, 3.63) is 91.5 Å². The zero-order chi connectivity index (χ0) is 23.6. The lowest BCUT2D eigenvalue weighted by Gasteiger charge is -2.10. The van der Waals surface area contributed by atoms with Gasteiger partial charge in [0.2, 0.25) is 5.78 Å². The molecule has 8 nitrogen and oxygen atoms in total. The maximum atomic E-state index is 12.7. The number of esters is 1. The molecule has 0 fully saturated rings. The van der Waals surface area contributed by atoms with Gasteiger partial charge >= 0.3 is 11.7 Å². The molecule has 2 heterocycles. The summed E-state index contributed by atoms with van der Waals surface area (Å²) < 4.78 is 9.22. The summed E-state index contributed by atoms with van der Waals surface area (Å²) in [5.74, 6) is -1.09. The van der Waals surface area contributed by atoms with Gasteiger partial charge < -0.3 is 13.9 Å². The van der Waals surface area contributed by atoms with Gasteiger partial charge in [-0.3, -0.25) is 14.2 Å². The number of carbonyl (C=O) groups is 2. The Kier molecular flexibility index (Phi) is 6.43. The van der Waals surface area contributed by atoms with Crippen LogP contribution < -0.4 is 11.2 Å². The lowest BCUT2D eigenvalue weighted by atomic mass is 10.1. The fraction of sp³-hybridized carbons (Fsp3) is 0.250. The highest BCUT2D eigenvalue weighted by atomic mass is 16.5. The first-order chi connectivity index (χ1) is 15.1. The Labute approximate surface area is 185 Å². The average molecular weight is 435 g/mol. The minimum Gasteiger partial charge on any atom is -0.454 e. The average Bonchev–Trinajstić information content (AvgIpc) is 3.06. The van der Waals surface area contributed by atoms with Crippen LogP contribution in [0.5, 0.6) is 0 Å². The van der Waals surface area contributed by atoms with Crippen molar-refractivity contribution in [3.8, 4) is 5.69 Å². The molecule has 0 aliphatic heterocycles. The molecule has 0 unspecified atom stereocenters. The van der Waals surface area contributed by atoms with E-state index in [1.54, 1.807) is 6.07 Å². The van der Waals surface area contributed by atoms with E-state index in [1.165, 1.54) is 30.9 Å². The maximum Gasteiger partial charge on any atom is 0.331 e. The third-order valence-electron chi connectivity index (χ3n) is 5.24. The molecule has 0 saturated carbocycles. The van der Waals surface area contributed by atoms with Crippen LogP contribution in [0.4, 0.5) is 0 Å². The van der Waals surface area contributed by atoms with E-state index in [-0.39, 0.29) is 11.3 Å². The lowest BCUT2D eigenvalue weighted by Crippen LogP contribution is -2.37. The number of Topliss-reactive ketones (excluding diaryl/α,β-unsaturated/α-hetero) is 1. The molecule has 0 spiro atoms. The SMILES string of the molecule is Cc1ccc(-n2c(C)cc(C(=O)COC(=O)/C=C/c3cn(C)c(=O)n(C)c3=O)c2C)cc1. The van der Waals surface area contributed by atoms with Crippen LogP contribution in [0.2, 0.25) is 0 Å². The van der Waals surface area contributed by atoms with Crippen molar-refractivity contribution >= 4 is 17.8 Å². The minimum absolute atomic E-state index is 0.152. The fourth-order valence-electron chi connectivity index (χ4n) is 3.51. The Morgan fingerprint density at radius 3 is 2.34 bits per heavy atom. The van der Waals surface area contributed by atoms with Crippen molar-refractivity contribution in [2.75, 3.05) is 6.61 Å². The first-order valence-corrected chi connectivity index (χ1v) is 10.0. The Bertz CT molecular complexity index is 1340. The normalized spacial score (nSPS) is 11.2. The van der Waals surface area contributed by atoms with Gasteiger partial charge in [-0.1, -0.05) is 17.7 Å². The third-order valence-corrected chi connectivity index (χ3v) is 5.24. The summed E-state index contributed by atoms with van der Waals surface area (Å²) in [4.78, 5) is 48.6. The van der Waals surface area contributed by atoms with E-state index in [9.17, 15) is 19.2 Å². The highest BCUT2D eigenvalue weighted by Crippen LogP contribution is 2.21. The number of aryl methyl sites for hydroxylation is 3. The molecule has 0 N–H and O–H groups in total. The lowest BCUT2D eigenvalue weighted by molar-refractivity contribution is -0.136. The van der Waals surface area contributed by atoms with Gasteiger partial charge in [-0.15, -0.1) is 0 Å². The molecule has 2 aromatic heterocycles. The van der Waals surface area contributed by atoms with Crippen LogP contribution in [-0.4, -0.2) is 32.1 Å². The molecule has 166 valence electrons. The summed E-state index contributed by atoms with van der Waals surface area (Å²) >= 11 is 0. The van der Waals surface area contributed by atoms with Gasteiger partial charge in [0.15, 0.2) is 6.61 Å². The monoisotopic (exact) mass is 435 g/mol. The van der Waals surface area contributed by atoms with Gasteiger partial charge in [0.1, 0.15) is 0 Å². The van der Waals surface area contributed by atoms with Crippen molar-refractivity contribution in [1.82, 2.24) is 13.7 Å². The number of hydrogen-bond donors (Lipinski definition) is 0. The van der Waals surface area contributed by atoms with Gasteiger partial charge in [-0.05, 0) is 45.0 Å². The number of nitrogens with zero attached hydrogens (tertiary/aromatic N) is 3. The summed E-state index contributed by atoms with van der Waals surface area (Å²) in [6.07, 6.45) is 3.65. The molecule has 0 saturated heterocycles. The summed E-state index contributed by atoms with van der Waals surface area (Å²) in [6.45, 7) is 5.34. The summed E-state index contributed by atoms with van der Waals surface area (Å²) in [7, 11) is 2.86. The second kappa shape index (κ2) is 9.05. The highest BCUT2D eigenvalue weighted by Gasteiger charge is 2.18. The number of rotatable bonds is 6. The van der Waals surface area contributed by atoms with Gasteiger partial charge in [-0.25, -0.2) is 9.59 Å². The number of carbonyl (C=O) groups excluding carboxylic acids is 2. The summed E-state index contributed by atoms with van der Waals surface area (Å²) in [6, 6.07) is 9.75. The Morgan fingerprint density at radius 1 is 1.03 bits per heavy atom. The molecule has 8 heteroatoms. The van der Waals surface area contributed by atoms with Crippen molar-refractivity contribution < 1.29 is 14.3 Å². The smallest absolute Gasteiger partial charge is 0.331 e. The van der Waals surface area contributed by atoms with Gasteiger partial charge in [0.05, 0.1) is 5.56 Å². The second-order valence-corrected chi connectivity index (χ2v) is 7.66. The number of ketones is 1. The largest absolute Gasteiger partial charge is 0.454 e. The van der Waals surface area contributed by atoms with E-state index in [2.05, 4.69) is 0 Å². The van der Waals surface area contributed by atoms with Gasteiger partial charge in [0, 0.05) is 49.0 Å².